The average Bonchev–Trinajstić information content (AvgIpc) is 2.97. The van der Waals surface area contributed by atoms with Crippen molar-refractivity contribution in [2.24, 2.45) is 5.92 Å². The first-order valence-corrected chi connectivity index (χ1v) is 9.51. The molecule has 0 spiro atoms. The van der Waals surface area contributed by atoms with Gasteiger partial charge in [0.25, 0.3) is 0 Å². The summed E-state index contributed by atoms with van der Waals surface area (Å²) in [4.78, 5) is 26.3. The van der Waals surface area contributed by atoms with Crippen molar-refractivity contribution in [3.05, 3.63) is 39.9 Å². The first-order chi connectivity index (χ1) is 12.0. The SMILES string of the molecule is O=C(NCCC1=CCCCC1)C1CC(=O)N(c2ccc(Cl)cc2Cl)C1. The number of amides is 2. The Hall–Kier alpha value is -1.52. The van der Waals surface area contributed by atoms with Gasteiger partial charge in [-0.1, -0.05) is 34.9 Å². The smallest absolute Gasteiger partial charge is 0.227 e. The summed E-state index contributed by atoms with van der Waals surface area (Å²) in [6.45, 7) is 0.992. The Labute approximate surface area is 158 Å². The Bertz CT molecular complexity index is 703. The summed E-state index contributed by atoms with van der Waals surface area (Å²) < 4.78 is 0. The van der Waals surface area contributed by atoms with Gasteiger partial charge in [0.1, 0.15) is 0 Å². The molecule has 6 heteroatoms. The number of hydrogen-bond donors (Lipinski definition) is 1. The van der Waals surface area contributed by atoms with E-state index in [1.807, 2.05) is 0 Å². The maximum Gasteiger partial charge on any atom is 0.227 e. The quantitative estimate of drug-likeness (QED) is 0.771. The Morgan fingerprint density at radius 3 is 2.84 bits per heavy atom. The van der Waals surface area contributed by atoms with E-state index in [4.69, 9.17) is 23.2 Å². The third kappa shape index (κ3) is 4.56. The van der Waals surface area contributed by atoms with Gasteiger partial charge in [-0.3, -0.25) is 9.59 Å². The molecule has 0 bridgehead atoms. The molecule has 1 aromatic rings. The average molecular weight is 381 g/mol. The molecule has 0 radical (unpaired) electrons. The molecular formula is C19H22Cl2N2O2. The Morgan fingerprint density at radius 1 is 1.28 bits per heavy atom. The molecular weight excluding hydrogens is 359 g/mol. The van der Waals surface area contributed by atoms with Gasteiger partial charge in [-0.05, 0) is 50.3 Å². The van der Waals surface area contributed by atoms with Gasteiger partial charge in [0.05, 0.1) is 16.6 Å². The van der Waals surface area contributed by atoms with Crippen LogP contribution in [0.4, 0.5) is 5.69 Å². The zero-order chi connectivity index (χ0) is 17.8. The standard InChI is InChI=1S/C19H22Cl2N2O2/c20-15-6-7-17(16(21)11-15)23-12-14(10-18(23)24)19(25)22-9-8-13-4-2-1-3-5-13/h4,6-7,11,14H,1-3,5,8-10,12H2,(H,22,25). The van der Waals surface area contributed by atoms with Gasteiger partial charge < -0.3 is 10.2 Å². The molecule has 0 aromatic heterocycles. The van der Waals surface area contributed by atoms with E-state index in [0.717, 1.165) is 19.3 Å². The van der Waals surface area contributed by atoms with Crippen LogP contribution in [0, 0.1) is 5.92 Å². The summed E-state index contributed by atoms with van der Waals surface area (Å²) in [5, 5.41) is 3.92. The second-order valence-corrected chi connectivity index (χ2v) is 7.49. The summed E-state index contributed by atoms with van der Waals surface area (Å²) in [5.41, 5.74) is 2.04. The van der Waals surface area contributed by atoms with Gasteiger partial charge in [-0.2, -0.15) is 0 Å². The molecule has 2 aliphatic rings. The van der Waals surface area contributed by atoms with Crippen molar-refractivity contribution in [2.45, 2.75) is 38.5 Å². The maximum atomic E-state index is 12.4. The van der Waals surface area contributed by atoms with Gasteiger partial charge in [-0.25, -0.2) is 0 Å². The molecule has 1 aliphatic heterocycles. The monoisotopic (exact) mass is 380 g/mol. The molecule has 2 amide bonds. The van der Waals surface area contributed by atoms with E-state index in [0.29, 0.717) is 28.8 Å². The van der Waals surface area contributed by atoms with Crippen molar-refractivity contribution in [1.82, 2.24) is 5.32 Å². The fourth-order valence-corrected chi connectivity index (χ4v) is 3.95. The minimum Gasteiger partial charge on any atom is -0.355 e. The van der Waals surface area contributed by atoms with Gasteiger partial charge in [0.2, 0.25) is 11.8 Å². The normalized spacial score (nSPS) is 20.6. The van der Waals surface area contributed by atoms with Crippen LogP contribution in [0.1, 0.15) is 38.5 Å². The molecule has 4 nitrogen and oxygen atoms in total. The summed E-state index contributed by atoms with van der Waals surface area (Å²) >= 11 is 12.1. The molecule has 3 rings (SSSR count). The van der Waals surface area contributed by atoms with E-state index < -0.39 is 0 Å². The number of nitrogens with zero attached hydrogens (tertiary/aromatic N) is 1. The lowest BCUT2D eigenvalue weighted by molar-refractivity contribution is -0.126. The highest BCUT2D eigenvalue weighted by Gasteiger charge is 2.35. The highest BCUT2D eigenvalue weighted by Crippen LogP contribution is 2.33. The maximum absolute atomic E-state index is 12.4. The first kappa shape index (κ1) is 18.3. The van der Waals surface area contributed by atoms with Crippen molar-refractivity contribution in [3.8, 4) is 0 Å². The van der Waals surface area contributed by atoms with Crippen LogP contribution in [0.25, 0.3) is 0 Å². The van der Waals surface area contributed by atoms with Crippen LogP contribution >= 0.6 is 23.2 Å². The van der Waals surface area contributed by atoms with E-state index >= 15 is 0 Å². The number of carbonyl (C=O) groups is 2. The molecule has 1 heterocycles. The lowest BCUT2D eigenvalue weighted by Crippen LogP contribution is -2.33. The minimum absolute atomic E-state index is 0.0580. The zero-order valence-electron chi connectivity index (χ0n) is 14.1. The van der Waals surface area contributed by atoms with Crippen LogP contribution < -0.4 is 10.2 Å². The molecule has 0 saturated carbocycles. The molecule has 1 saturated heterocycles. The molecule has 1 unspecified atom stereocenters. The van der Waals surface area contributed by atoms with Crippen molar-refractivity contribution < 1.29 is 9.59 Å². The molecule has 134 valence electrons. The predicted molar refractivity (Wildman–Crippen MR) is 101 cm³/mol. The summed E-state index contributed by atoms with van der Waals surface area (Å²) in [6.07, 6.45) is 8.21. The van der Waals surface area contributed by atoms with E-state index in [9.17, 15) is 9.59 Å². The molecule has 1 atom stereocenters. The minimum atomic E-state index is -0.334. The van der Waals surface area contributed by atoms with E-state index in [1.54, 1.807) is 23.1 Å². The van der Waals surface area contributed by atoms with E-state index in [1.165, 1.54) is 18.4 Å². The van der Waals surface area contributed by atoms with E-state index in [2.05, 4.69) is 11.4 Å². The topological polar surface area (TPSA) is 49.4 Å². The lowest BCUT2D eigenvalue weighted by atomic mass is 9.97. The van der Waals surface area contributed by atoms with Crippen LogP contribution in [-0.4, -0.2) is 24.9 Å². The van der Waals surface area contributed by atoms with Crippen LogP contribution in [0.5, 0.6) is 0 Å². The summed E-state index contributed by atoms with van der Waals surface area (Å²) in [7, 11) is 0. The number of anilines is 1. The number of hydrogen-bond acceptors (Lipinski definition) is 2. The summed E-state index contributed by atoms with van der Waals surface area (Å²) in [6, 6.07) is 5.02. The van der Waals surface area contributed by atoms with Gasteiger partial charge in [-0.15, -0.1) is 0 Å². The fourth-order valence-electron chi connectivity index (χ4n) is 3.44. The van der Waals surface area contributed by atoms with Crippen LogP contribution in [0.3, 0.4) is 0 Å². The first-order valence-electron chi connectivity index (χ1n) is 8.75. The molecule has 1 aromatic carbocycles. The van der Waals surface area contributed by atoms with Crippen LogP contribution in [0.2, 0.25) is 10.0 Å². The van der Waals surface area contributed by atoms with E-state index in [-0.39, 0.29) is 24.2 Å². The van der Waals surface area contributed by atoms with Crippen molar-refractivity contribution in [1.29, 1.82) is 0 Å². The van der Waals surface area contributed by atoms with Crippen molar-refractivity contribution >= 4 is 40.7 Å². The van der Waals surface area contributed by atoms with Crippen LogP contribution in [-0.2, 0) is 9.59 Å². The number of benzene rings is 1. The number of halogens is 2. The van der Waals surface area contributed by atoms with Gasteiger partial charge in [0, 0.05) is 24.5 Å². The van der Waals surface area contributed by atoms with Crippen molar-refractivity contribution in [3.63, 3.8) is 0 Å². The van der Waals surface area contributed by atoms with Crippen LogP contribution in [0.15, 0.2) is 29.8 Å². The Morgan fingerprint density at radius 2 is 2.12 bits per heavy atom. The molecule has 25 heavy (non-hydrogen) atoms. The van der Waals surface area contributed by atoms with Gasteiger partial charge >= 0.3 is 0 Å². The lowest BCUT2D eigenvalue weighted by Gasteiger charge is -2.18. The third-order valence-electron chi connectivity index (χ3n) is 4.83. The highest BCUT2D eigenvalue weighted by molar-refractivity contribution is 6.36. The second-order valence-electron chi connectivity index (χ2n) is 6.65. The molecule has 1 aliphatic carbocycles. The Kier molecular flexibility index (Phi) is 6.02. The zero-order valence-corrected chi connectivity index (χ0v) is 15.6. The Balaban J connectivity index is 1.54. The molecule has 1 fully saturated rings. The highest BCUT2D eigenvalue weighted by atomic mass is 35.5. The summed E-state index contributed by atoms with van der Waals surface area (Å²) in [5.74, 6) is -0.476. The number of allylic oxidation sites excluding steroid dienone is 1. The van der Waals surface area contributed by atoms with Crippen molar-refractivity contribution in [2.75, 3.05) is 18.0 Å². The third-order valence-corrected chi connectivity index (χ3v) is 5.36. The largest absolute Gasteiger partial charge is 0.355 e. The number of rotatable bonds is 5. The number of carbonyl (C=O) groups excluding carboxylic acids is 2. The second kappa shape index (κ2) is 8.24. The predicted octanol–water partition coefficient (Wildman–Crippen LogP) is 4.35. The fraction of sp³-hybridized carbons (Fsp3) is 0.474. The van der Waals surface area contributed by atoms with Gasteiger partial charge in [0.15, 0.2) is 0 Å². The molecule has 1 N–H and O–H groups in total. The number of nitrogens with one attached hydrogen (secondary N) is 1.